The largest absolute Gasteiger partial charge is 0.502 e. The molecule has 0 spiro atoms. The van der Waals surface area contributed by atoms with Crippen molar-refractivity contribution in [2.24, 2.45) is 5.92 Å². The molecule has 0 unspecified atom stereocenters. The Bertz CT molecular complexity index is 1310. The molecule has 8 nitrogen and oxygen atoms in total. The van der Waals surface area contributed by atoms with E-state index in [0.717, 1.165) is 6.07 Å². The molecule has 3 aromatic rings. The van der Waals surface area contributed by atoms with Crippen molar-refractivity contribution in [3.63, 3.8) is 0 Å². The number of aromatic hydroxyl groups is 1. The van der Waals surface area contributed by atoms with Gasteiger partial charge in [-0.15, -0.1) is 11.3 Å². The fourth-order valence-corrected chi connectivity index (χ4v) is 4.89. The molecule has 1 aromatic carbocycles. The summed E-state index contributed by atoms with van der Waals surface area (Å²) in [6, 6.07) is 3.38. The smallest absolute Gasteiger partial charge is 0.277 e. The number of benzene rings is 1. The van der Waals surface area contributed by atoms with Gasteiger partial charge in [-0.2, -0.15) is 0 Å². The molecule has 1 aliphatic heterocycles. The SMILES string of the molecule is COCCN1CN(CC(C)C)n2cc(-c3ncc(Cc4ccc(F)cc4F)s3)c(=O)c(O)c2C1=O. The number of methoxy groups -OCH3 is 1. The number of thiazole rings is 1. The van der Waals surface area contributed by atoms with Gasteiger partial charge in [-0.1, -0.05) is 19.9 Å². The van der Waals surface area contributed by atoms with Gasteiger partial charge < -0.3 is 14.7 Å². The second kappa shape index (κ2) is 10.1. The van der Waals surface area contributed by atoms with E-state index in [1.807, 2.05) is 18.9 Å². The van der Waals surface area contributed by atoms with Crippen molar-refractivity contribution >= 4 is 17.2 Å². The number of halogens is 2. The molecule has 0 atom stereocenters. The van der Waals surface area contributed by atoms with E-state index in [2.05, 4.69) is 4.98 Å². The molecule has 4 rings (SSSR count). The van der Waals surface area contributed by atoms with E-state index >= 15 is 0 Å². The summed E-state index contributed by atoms with van der Waals surface area (Å²) in [4.78, 5) is 32.7. The Hall–Kier alpha value is -3.31. The highest BCUT2D eigenvalue weighted by atomic mass is 32.1. The third kappa shape index (κ3) is 5.06. The van der Waals surface area contributed by atoms with Crippen molar-refractivity contribution in [1.29, 1.82) is 0 Å². The first-order valence-electron chi connectivity index (χ1n) is 11.1. The van der Waals surface area contributed by atoms with Crippen molar-refractivity contribution in [2.45, 2.75) is 20.3 Å². The zero-order chi connectivity index (χ0) is 25.3. The highest BCUT2D eigenvalue weighted by molar-refractivity contribution is 7.15. The number of pyridine rings is 1. The second-order valence-corrected chi connectivity index (χ2v) is 9.86. The van der Waals surface area contributed by atoms with Gasteiger partial charge in [0.25, 0.3) is 5.91 Å². The Kier molecular flexibility index (Phi) is 7.18. The fraction of sp³-hybridized carbons (Fsp3) is 0.375. The molecule has 35 heavy (non-hydrogen) atoms. The molecular weight excluding hydrogens is 478 g/mol. The van der Waals surface area contributed by atoms with Crippen LogP contribution in [0.4, 0.5) is 8.78 Å². The van der Waals surface area contributed by atoms with Gasteiger partial charge in [0, 0.05) is 50.0 Å². The second-order valence-electron chi connectivity index (χ2n) is 8.74. The Labute approximate surface area is 205 Å². The van der Waals surface area contributed by atoms with E-state index in [-0.39, 0.29) is 30.3 Å². The number of carbonyl (C=O) groups excluding carboxylic acids is 1. The van der Waals surface area contributed by atoms with Crippen molar-refractivity contribution in [3.8, 4) is 16.3 Å². The zero-order valence-electron chi connectivity index (χ0n) is 19.6. The molecule has 0 saturated carbocycles. The van der Waals surface area contributed by atoms with Crippen LogP contribution in [0.2, 0.25) is 0 Å². The van der Waals surface area contributed by atoms with Gasteiger partial charge in [0.2, 0.25) is 5.43 Å². The molecule has 2 aromatic heterocycles. The molecular formula is C24H26F2N4O4S. The van der Waals surface area contributed by atoms with Gasteiger partial charge >= 0.3 is 0 Å². The standard InChI is InChI=1S/C24H26F2N4O4S/c1-14(2)11-29-13-28(6-7-34-3)24(33)20-22(32)21(31)18(12-30(20)29)23-27-10-17(35-23)8-15-4-5-16(25)9-19(15)26/h4-5,9-10,12,14,32H,6-8,11,13H2,1-3H3. The number of nitrogens with zero attached hydrogens (tertiary/aromatic N) is 4. The van der Waals surface area contributed by atoms with Gasteiger partial charge in [0.1, 0.15) is 23.3 Å². The highest BCUT2D eigenvalue weighted by Gasteiger charge is 2.34. The minimum Gasteiger partial charge on any atom is -0.502 e. The first-order valence-corrected chi connectivity index (χ1v) is 11.9. The first kappa shape index (κ1) is 24.8. The Morgan fingerprint density at radius 3 is 2.71 bits per heavy atom. The highest BCUT2D eigenvalue weighted by Crippen LogP contribution is 2.29. The molecule has 186 valence electrons. The van der Waals surface area contributed by atoms with E-state index in [1.165, 1.54) is 52.5 Å². The summed E-state index contributed by atoms with van der Waals surface area (Å²) in [5, 5.41) is 13.0. The van der Waals surface area contributed by atoms with Gasteiger partial charge in [-0.25, -0.2) is 13.8 Å². The van der Waals surface area contributed by atoms with Gasteiger partial charge in [0.15, 0.2) is 11.4 Å². The molecule has 1 aliphatic rings. The minimum atomic E-state index is -0.712. The molecule has 0 bridgehead atoms. The third-order valence-corrected chi connectivity index (χ3v) is 6.63. The minimum absolute atomic E-state index is 0.105. The van der Waals surface area contributed by atoms with Crippen molar-refractivity contribution < 1.29 is 23.4 Å². The number of hydrogen-bond acceptors (Lipinski definition) is 7. The number of aromatic nitrogens is 2. The maximum Gasteiger partial charge on any atom is 0.277 e. The summed E-state index contributed by atoms with van der Waals surface area (Å²) in [6.45, 7) is 5.53. The van der Waals surface area contributed by atoms with Crippen LogP contribution in [0, 0.1) is 17.6 Å². The topological polar surface area (TPSA) is 87.9 Å². The maximum absolute atomic E-state index is 14.1. The number of hydrogen-bond donors (Lipinski definition) is 1. The van der Waals surface area contributed by atoms with Crippen LogP contribution in [0.1, 0.15) is 34.8 Å². The number of amides is 1. The molecule has 0 radical (unpaired) electrons. The summed E-state index contributed by atoms with van der Waals surface area (Å²) in [5.41, 5.74) is -0.381. The maximum atomic E-state index is 14.1. The summed E-state index contributed by atoms with van der Waals surface area (Å²) in [5.74, 6) is -2.19. The van der Waals surface area contributed by atoms with Crippen molar-refractivity contribution in [2.75, 3.05) is 38.5 Å². The lowest BCUT2D eigenvalue weighted by molar-refractivity contribution is 0.0620. The van der Waals surface area contributed by atoms with E-state index in [0.29, 0.717) is 35.1 Å². The van der Waals surface area contributed by atoms with E-state index in [1.54, 1.807) is 0 Å². The normalized spacial score (nSPS) is 13.6. The molecule has 3 heterocycles. The molecule has 0 saturated heterocycles. The zero-order valence-corrected chi connectivity index (χ0v) is 20.4. The van der Waals surface area contributed by atoms with Crippen LogP contribution >= 0.6 is 11.3 Å². The molecule has 0 aliphatic carbocycles. The molecule has 0 fully saturated rings. The first-order chi connectivity index (χ1) is 16.7. The van der Waals surface area contributed by atoms with Gasteiger partial charge in [-0.05, 0) is 17.5 Å². The van der Waals surface area contributed by atoms with Gasteiger partial charge in [-0.3, -0.25) is 19.3 Å². The van der Waals surface area contributed by atoms with Crippen LogP contribution in [-0.4, -0.2) is 59.0 Å². The molecule has 1 amide bonds. The van der Waals surface area contributed by atoms with Crippen LogP contribution in [0.3, 0.4) is 0 Å². The lowest BCUT2D eigenvalue weighted by Gasteiger charge is -2.40. The average molecular weight is 505 g/mol. The summed E-state index contributed by atoms with van der Waals surface area (Å²) < 4.78 is 33.9. The number of carbonyl (C=O) groups is 1. The summed E-state index contributed by atoms with van der Waals surface area (Å²) >= 11 is 1.17. The van der Waals surface area contributed by atoms with Gasteiger partial charge in [0.05, 0.1) is 12.2 Å². The van der Waals surface area contributed by atoms with E-state index in [4.69, 9.17) is 4.74 Å². The lowest BCUT2D eigenvalue weighted by atomic mass is 10.1. The van der Waals surface area contributed by atoms with Crippen LogP contribution in [-0.2, 0) is 11.2 Å². The predicted molar refractivity (Wildman–Crippen MR) is 128 cm³/mol. The number of fused-ring (bicyclic) bond motifs is 1. The quantitative estimate of drug-likeness (QED) is 0.507. The Morgan fingerprint density at radius 2 is 2.03 bits per heavy atom. The van der Waals surface area contributed by atoms with Crippen LogP contribution in [0.15, 0.2) is 35.4 Å². The predicted octanol–water partition coefficient (Wildman–Crippen LogP) is 3.20. The number of ether oxygens (including phenoxy) is 1. The number of rotatable bonds is 8. The summed E-state index contributed by atoms with van der Waals surface area (Å²) in [7, 11) is 1.54. The van der Waals surface area contributed by atoms with Crippen molar-refractivity contribution in [1.82, 2.24) is 14.6 Å². The molecule has 1 N–H and O–H groups in total. The average Bonchev–Trinajstić information content (AvgIpc) is 3.26. The van der Waals surface area contributed by atoms with E-state index < -0.39 is 28.7 Å². The summed E-state index contributed by atoms with van der Waals surface area (Å²) in [6.07, 6.45) is 3.22. The monoisotopic (exact) mass is 504 g/mol. The van der Waals surface area contributed by atoms with Crippen molar-refractivity contribution in [3.05, 3.63) is 68.6 Å². The third-order valence-electron chi connectivity index (χ3n) is 5.60. The molecule has 11 heteroatoms. The van der Waals surface area contributed by atoms with E-state index in [9.17, 15) is 23.5 Å². The Morgan fingerprint density at radius 1 is 1.26 bits per heavy atom. The van der Waals surface area contributed by atoms with Crippen LogP contribution < -0.4 is 10.4 Å². The fourth-order valence-electron chi connectivity index (χ4n) is 3.95. The van der Waals surface area contributed by atoms with Crippen LogP contribution in [0.25, 0.3) is 10.6 Å². The van der Waals surface area contributed by atoms with Crippen LogP contribution in [0.5, 0.6) is 5.75 Å². The Balaban J connectivity index is 1.72. The lowest BCUT2D eigenvalue weighted by Crippen LogP contribution is -2.55.